The van der Waals surface area contributed by atoms with Gasteiger partial charge in [0.25, 0.3) is 0 Å². The largest absolute Gasteiger partial charge is 0.490 e. The molecule has 2 aromatic rings. The molecular weight excluding hydrogens is 444 g/mol. The molecule has 0 spiro atoms. The summed E-state index contributed by atoms with van der Waals surface area (Å²) in [5, 5.41) is 6.22. The van der Waals surface area contributed by atoms with Crippen LogP contribution in [0.5, 0.6) is 11.5 Å². The molecule has 176 valence electrons. The number of ether oxygens (including phenoxy) is 3. The zero-order valence-electron chi connectivity index (χ0n) is 19.2. The van der Waals surface area contributed by atoms with Crippen LogP contribution in [-0.2, 0) is 16.1 Å². The van der Waals surface area contributed by atoms with Gasteiger partial charge >= 0.3 is 12.0 Å². The van der Waals surface area contributed by atoms with Crippen molar-refractivity contribution in [3.05, 3.63) is 69.9 Å². The summed E-state index contributed by atoms with van der Waals surface area (Å²) in [5.41, 5.74) is 2.57. The van der Waals surface area contributed by atoms with Crippen molar-refractivity contribution in [2.75, 3.05) is 6.61 Å². The van der Waals surface area contributed by atoms with Crippen LogP contribution in [0.4, 0.5) is 4.79 Å². The summed E-state index contributed by atoms with van der Waals surface area (Å²) >= 11 is 5.95. The summed E-state index contributed by atoms with van der Waals surface area (Å²) in [6.07, 6.45) is 0.191. The first kappa shape index (κ1) is 24.5. The number of nitrogens with one attached hydrogen (secondary N) is 2. The zero-order chi connectivity index (χ0) is 24.0. The molecule has 2 aromatic carbocycles. The predicted molar refractivity (Wildman–Crippen MR) is 126 cm³/mol. The van der Waals surface area contributed by atoms with Crippen molar-refractivity contribution in [1.82, 2.24) is 10.6 Å². The van der Waals surface area contributed by atoms with Crippen LogP contribution in [0.2, 0.25) is 5.02 Å². The molecule has 1 aliphatic heterocycles. The van der Waals surface area contributed by atoms with Gasteiger partial charge in [0.1, 0.15) is 6.61 Å². The van der Waals surface area contributed by atoms with Crippen LogP contribution in [-0.4, -0.2) is 24.7 Å². The highest BCUT2D eigenvalue weighted by atomic mass is 35.5. The van der Waals surface area contributed by atoms with E-state index in [-0.39, 0.29) is 12.1 Å². The van der Waals surface area contributed by atoms with Gasteiger partial charge in [-0.25, -0.2) is 9.59 Å². The van der Waals surface area contributed by atoms with Crippen molar-refractivity contribution in [2.24, 2.45) is 0 Å². The topological polar surface area (TPSA) is 85.9 Å². The number of rotatable bonds is 9. The number of hydrogen-bond acceptors (Lipinski definition) is 5. The van der Waals surface area contributed by atoms with Crippen molar-refractivity contribution < 1.29 is 23.8 Å². The number of benzene rings is 2. The van der Waals surface area contributed by atoms with Crippen LogP contribution in [0.15, 0.2) is 53.7 Å². The SMILES string of the molecule is CCOc1cc(C2NC(=O)NC(CC)=C2C(=O)OC(C)C)ccc1OCc1ccc(Cl)cc1. The molecule has 1 aliphatic rings. The van der Waals surface area contributed by atoms with Gasteiger partial charge in [-0.2, -0.15) is 0 Å². The first-order valence-corrected chi connectivity index (χ1v) is 11.4. The minimum Gasteiger partial charge on any atom is -0.490 e. The maximum atomic E-state index is 12.9. The van der Waals surface area contributed by atoms with E-state index >= 15 is 0 Å². The maximum Gasteiger partial charge on any atom is 0.338 e. The van der Waals surface area contributed by atoms with Gasteiger partial charge in [0.2, 0.25) is 0 Å². The molecule has 0 radical (unpaired) electrons. The molecule has 0 aromatic heterocycles. The molecular formula is C25H29ClN2O5. The predicted octanol–water partition coefficient (Wildman–Crippen LogP) is 5.29. The lowest BCUT2D eigenvalue weighted by molar-refractivity contribution is -0.143. The highest BCUT2D eigenvalue weighted by molar-refractivity contribution is 6.30. The van der Waals surface area contributed by atoms with Crippen LogP contribution < -0.4 is 20.1 Å². The van der Waals surface area contributed by atoms with E-state index in [4.69, 9.17) is 25.8 Å². The van der Waals surface area contributed by atoms with Gasteiger partial charge in [0.15, 0.2) is 11.5 Å². The number of carbonyl (C=O) groups excluding carboxylic acids is 2. The van der Waals surface area contributed by atoms with Gasteiger partial charge in [-0.1, -0.05) is 36.7 Å². The number of esters is 1. The standard InChI is InChI=1S/C25H29ClN2O5/c1-5-19-22(24(29)33-15(3)4)23(28-25(30)27-19)17-9-12-20(21(13-17)31-6-2)32-14-16-7-10-18(26)11-8-16/h7-13,15,23H,5-6,14H2,1-4H3,(H2,27,28,30). The summed E-state index contributed by atoms with van der Waals surface area (Å²) < 4.78 is 17.2. The molecule has 2 N–H and O–H groups in total. The summed E-state index contributed by atoms with van der Waals surface area (Å²) in [6, 6.07) is 11.7. The normalized spacial score (nSPS) is 15.7. The average molecular weight is 473 g/mol. The molecule has 0 aliphatic carbocycles. The minimum absolute atomic E-state index is 0.288. The van der Waals surface area contributed by atoms with Crippen molar-refractivity contribution in [2.45, 2.75) is 52.9 Å². The number of urea groups is 1. The fourth-order valence-electron chi connectivity index (χ4n) is 3.50. The second-order valence-corrected chi connectivity index (χ2v) is 8.22. The quantitative estimate of drug-likeness (QED) is 0.484. The Balaban J connectivity index is 1.92. The van der Waals surface area contributed by atoms with E-state index in [1.54, 1.807) is 26.0 Å². The first-order chi connectivity index (χ1) is 15.8. The van der Waals surface area contributed by atoms with Gasteiger partial charge < -0.3 is 24.8 Å². The lowest BCUT2D eigenvalue weighted by atomic mass is 9.94. The fourth-order valence-corrected chi connectivity index (χ4v) is 3.62. The lowest BCUT2D eigenvalue weighted by Crippen LogP contribution is -2.46. The van der Waals surface area contributed by atoms with Crippen molar-refractivity contribution in [1.29, 1.82) is 0 Å². The van der Waals surface area contributed by atoms with Crippen LogP contribution >= 0.6 is 11.6 Å². The number of halogens is 1. The Hall–Kier alpha value is -3.19. The summed E-state index contributed by atoms with van der Waals surface area (Å²) in [4.78, 5) is 25.2. The molecule has 0 saturated carbocycles. The average Bonchev–Trinajstić information content (AvgIpc) is 2.78. The molecule has 33 heavy (non-hydrogen) atoms. The Morgan fingerprint density at radius 1 is 1.06 bits per heavy atom. The molecule has 2 amide bonds. The Morgan fingerprint density at radius 2 is 1.79 bits per heavy atom. The summed E-state index contributed by atoms with van der Waals surface area (Å²) in [7, 11) is 0. The highest BCUT2D eigenvalue weighted by Gasteiger charge is 2.34. The van der Waals surface area contributed by atoms with E-state index in [1.165, 1.54) is 0 Å². The van der Waals surface area contributed by atoms with Crippen LogP contribution in [0, 0.1) is 0 Å². The molecule has 0 saturated heterocycles. The van der Waals surface area contributed by atoms with Gasteiger partial charge in [0.05, 0.1) is 24.3 Å². The van der Waals surface area contributed by atoms with Gasteiger partial charge in [-0.15, -0.1) is 0 Å². The number of hydrogen-bond donors (Lipinski definition) is 2. The van der Waals surface area contributed by atoms with E-state index in [1.807, 2.05) is 44.2 Å². The molecule has 1 heterocycles. The van der Waals surface area contributed by atoms with Gasteiger partial charge in [0, 0.05) is 10.7 Å². The minimum atomic E-state index is -0.676. The highest BCUT2D eigenvalue weighted by Crippen LogP contribution is 2.35. The summed E-state index contributed by atoms with van der Waals surface area (Å²) in [6.45, 7) is 8.09. The van der Waals surface area contributed by atoms with Crippen molar-refractivity contribution in [3.63, 3.8) is 0 Å². The van der Waals surface area contributed by atoms with E-state index in [9.17, 15) is 9.59 Å². The maximum absolute atomic E-state index is 12.9. The van der Waals surface area contributed by atoms with Gasteiger partial charge in [-0.05, 0) is 62.6 Å². The monoisotopic (exact) mass is 472 g/mol. The molecule has 1 atom stereocenters. The first-order valence-electron chi connectivity index (χ1n) is 11.0. The van der Waals surface area contributed by atoms with E-state index < -0.39 is 12.0 Å². The lowest BCUT2D eigenvalue weighted by Gasteiger charge is -2.30. The molecule has 8 heteroatoms. The Labute approximate surface area is 199 Å². The van der Waals surface area contributed by atoms with Crippen molar-refractivity contribution >= 4 is 23.6 Å². The van der Waals surface area contributed by atoms with Crippen molar-refractivity contribution in [3.8, 4) is 11.5 Å². The Kier molecular flexibility index (Phi) is 8.22. The van der Waals surface area contributed by atoms with Crippen LogP contribution in [0.1, 0.15) is 51.3 Å². The zero-order valence-corrected chi connectivity index (χ0v) is 20.0. The van der Waals surface area contributed by atoms with Gasteiger partial charge in [-0.3, -0.25) is 0 Å². The Morgan fingerprint density at radius 3 is 2.42 bits per heavy atom. The van der Waals surface area contributed by atoms with E-state index in [0.717, 1.165) is 5.56 Å². The Bertz CT molecular complexity index is 1030. The van der Waals surface area contributed by atoms with Crippen LogP contribution in [0.25, 0.3) is 0 Å². The smallest absolute Gasteiger partial charge is 0.338 e. The fraction of sp³-hybridized carbons (Fsp3) is 0.360. The number of amides is 2. The molecule has 3 rings (SSSR count). The number of carbonyl (C=O) groups is 2. The molecule has 0 bridgehead atoms. The number of allylic oxidation sites excluding steroid dienone is 1. The molecule has 1 unspecified atom stereocenters. The second-order valence-electron chi connectivity index (χ2n) is 7.79. The van der Waals surface area contributed by atoms with Crippen LogP contribution in [0.3, 0.4) is 0 Å². The van der Waals surface area contributed by atoms with E-state index in [0.29, 0.717) is 53.0 Å². The van der Waals surface area contributed by atoms with E-state index in [2.05, 4.69) is 10.6 Å². The third-order valence-electron chi connectivity index (χ3n) is 4.98. The third-order valence-corrected chi connectivity index (χ3v) is 5.23. The summed E-state index contributed by atoms with van der Waals surface area (Å²) in [5.74, 6) is 0.605. The molecule has 0 fully saturated rings. The molecule has 7 nitrogen and oxygen atoms in total. The second kappa shape index (κ2) is 11.1. The third kappa shape index (κ3) is 6.20.